The number of nitrogens with one attached hydrogen (secondary N) is 1. The quantitative estimate of drug-likeness (QED) is 0.849. The summed E-state index contributed by atoms with van der Waals surface area (Å²) < 4.78 is 1.20. The van der Waals surface area contributed by atoms with Crippen molar-refractivity contribution in [3.63, 3.8) is 0 Å². The summed E-state index contributed by atoms with van der Waals surface area (Å²) in [7, 11) is 0. The number of hydrogen-bond donors (Lipinski definition) is 1. The molecule has 18 heavy (non-hydrogen) atoms. The highest BCUT2D eigenvalue weighted by Gasteiger charge is 2.31. The second-order valence-electron chi connectivity index (χ2n) is 5.59. The van der Waals surface area contributed by atoms with Gasteiger partial charge >= 0.3 is 0 Å². The third-order valence-corrected chi connectivity index (χ3v) is 4.76. The van der Waals surface area contributed by atoms with E-state index in [4.69, 9.17) is 0 Å². The highest BCUT2D eigenvalue weighted by molar-refractivity contribution is 9.10. The maximum absolute atomic E-state index is 3.70. The highest BCUT2D eigenvalue weighted by Crippen LogP contribution is 2.34. The Labute approximate surface area is 119 Å². The van der Waals surface area contributed by atoms with Crippen molar-refractivity contribution in [1.29, 1.82) is 0 Å². The zero-order valence-electron chi connectivity index (χ0n) is 11.5. The molecule has 0 amide bonds. The molecule has 0 aromatic heterocycles. The number of rotatable bonds is 5. The van der Waals surface area contributed by atoms with Crippen LogP contribution in [0.3, 0.4) is 0 Å². The van der Waals surface area contributed by atoms with Gasteiger partial charge < -0.3 is 5.32 Å². The predicted octanol–water partition coefficient (Wildman–Crippen LogP) is 4.41. The molecule has 1 aliphatic carbocycles. The molecule has 1 aliphatic rings. The lowest BCUT2D eigenvalue weighted by atomic mass is 9.89. The molecule has 0 heterocycles. The summed E-state index contributed by atoms with van der Waals surface area (Å²) in [6.45, 7) is 5.83. The summed E-state index contributed by atoms with van der Waals surface area (Å²) in [5.41, 5.74) is 1.47. The topological polar surface area (TPSA) is 12.0 Å². The fourth-order valence-corrected chi connectivity index (χ4v) is 3.57. The Balaban J connectivity index is 1.91. The van der Waals surface area contributed by atoms with E-state index in [1.165, 1.54) is 42.3 Å². The minimum atomic E-state index is 0.738. The molecule has 1 aromatic carbocycles. The van der Waals surface area contributed by atoms with E-state index in [9.17, 15) is 0 Å². The lowest BCUT2D eigenvalue weighted by Crippen LogP contribution is -2.33. The zero-order chi connectivity index (χ0) is 13.0. The van der Waals surface area contributed by atoms with Crippen LogP contribution in [-0.4, -0.2) is 12.6 Å². The van der Waals surface area contributed by atoms with E-state index in [-0.39, 0.29) is 0 Å². The first kappa shape index (κ1) is 14.1. The molecule has 0 aliphatic heterocycles. The van der Waals surface area contributed by atoms with Crippen LogP contribution >= 0.6 is 15.9 Å². The molecule has 3 unspecified atom stereocenters. The molecule has 3 atom stereocenters. The third kappa shape index (κ3) is 3.58. The smallest absolute Gasteiger partial charge is 0.0177 e. The summed E-state index contributed by atoms with van der Waals surface area (Å²) in [6, 6.07) is 9.50. The van der Waals surface area contributed by atoms with Crippen molar-refractivity contribution in [2.75, 3.05) is 6.54 Å². The normalized spacial score (nSPS) is 27.6. The van der Waals surface area contributed by atoms with Gasteiger partial charge in [-0.05, 0) is 61.8 Å². The van der Waals surface area contributed by atoms with E-state index in [2.05, 4.69) is 59.4 Å². The largest absolute Gasteiger partial charge is 0.314 e. The average Bonchev–Trinajstić information content (AvgIpc) is 2.69. The average molecular weight is 310 g/mol. The van der Waals surface area contributed by atoms with Crippen LogP contribution in [0.15, 0.2) is 28.7 Å². The van der Waals surface area contributed by atoms with E-state index in [1.807, 2.05) is 0 Å². The Kier molecular flexibility index (Phi) is 5.25. The molecule has 2 rings (SSSR count). The summed E-state index contributed by atoms with van der Waals surface area (Å²) in [4.78, 5) is 0. The second-order valence-corrected chi connectivity index (χ2v) is 6.51. The van der Waals surface area contributed by atoms with Crippen LogP contribution in [0, 0.1) is 11.8 Å². The van der Waals surface area contributed by atoms with Crippen molar-refractivity contribution >= 4 is 15.9 Å². The monoisotopic (exact) mass is 309 g/mol. The molecule has 0 radical (unpaired) electrons. The van der Waals surface area contributed by atoms with Gasteiger partial charge in [0.15, 0.2) is 0 Å². The van der Waals surface area contributed by atoms with Gasteiger partial charge in [-0.3, -0.25) is 0 Å². The van der Waals surface area contributed by atoms with Gasteiger partial charge in [0.1, 0.15) is 0 Å². The van der Waals surface area contributed by atoms with Crippen molar-refractivity contribution in [2.24, 2.45) is 11.8 Å². The molecule has 0 saturated heterocycles. The van der Waals surface area contributed by atoms with Crippen LogP contribution in [0.1, 0.15) is 38.7 Å². The zero-order valence-corrected chi connectivity index (χ0v) is 13.0. The van der Waals surface area contributed by atoms with Gasteiger partial charge in [0.25, 0.3) is 0 Å². The van der Waals surface area contributed by atoms with Crippen molar-refractivity contribution in [1.82, 2.24) is 5.32 Å². The van der Waals surface area contributed by atoms with Gasteiger partial charge in [-0.2, -0.15) is 0 Å². The SMILES string of the molecule is CCCNC1CCC(Cc2cccc(Br)c2)C1C. The summed E-state index contributed by atoms with van der Waals surface area (Å²) in [6.07, 6.45) is 5.18. The second kappa shape index (κ2) is 6.72. The Hall–Kier alpha value is -0.340. The van der Waals surface area contributed by atoms with Crippen LogP contribution < -0.4 is 5.32 Å². The Morgan fingerprint density at radius 2 is 2.17 bits per heavy atom. The van der Waals surface area contributed by atoms with Crippen molar-refractivity contribution in [2.45, 2.75) is 45.6 Å². The molecule has 1 saturated carbocycles. The first-order valence-electron chi connectivity index (χ1n) is 7.18. The third-order valence-electron chi connectivity index (χ3n) is 4.27. The van der Waals surface area contributed by atoms with Gasteiger partial charge in [-0.15, -0.1) is 0 Å². The fraction of sp³-hybridized carbons (Fsp3) is 0.625. The maximum atomic E-state index is 3.70. The summed E-state index contributed by atoms with van der Waals surface area (Å²) in [5.74, 6) is 1.64. The summed E-state index contributed by atoms with van der Waals surface area (Å²) in [5, 5.41) is 3.70. The molecule has 0 bridgehead atoms. The minimum Gasteiger partial charge on any atom is -0.314 e. The molecule has 1 nitrogen and oxygen atoms in total. The Bertz CT molecular complexity index is 377. The lowest BCUT2D eigenvalue weighted by Gasteiger charge is -2.22. The van der Waals surface area contributed by atoms with E-state index in [1.54, 1.807) is 0 Å². The van der Waals surface area contributed by atoms with Crippen LogP contribution in [0.5, 0.6) is 0 Å². The van der Waals surface area contributed by atoms with Gasteiger partial charge in [0.2, 0.25) is 0 Å². The molecular formula is C16H24BrN. The Morgan fingerprint density at radius 3 is 2.89 bits per heavy atom. The molecule has 1 fully saturated rings. The molecule has 100 valence electrons. The lowest BCUT2D eigenvalue weighted by molar-refractivity contribution is 0.351. The van der Waals surface area contributed by atoms with Crippen molar-refractivity contribution in [3.8, 4) is 0 Å². The van der Waals surface area contributed by atoms with E-state index >= 15 is 0 Å². The number of benzene rings is 1. The molecule has 2 heteroatoms. The standard InChI is InChI=1S/C16H24BrN/c1-3-9-18-16-8-7-14(12(16)2)10-13-5-4-6-15(17)11-13/h4-6,11-12,14,16,18H,3,7-10H2,1-2H3. The van der Waals surface area contributed by atoms with Gasteiger partial charge in [-0.25, -0.2) is 0 Å². The van der Waals surface area contributed by atoms with E-state index < -0.39 is 0 Å². The van der Waals surface area contributed by atoms with Crippen LogP contribution in [0.25, 0.3) is 0 Å². The fourth-order valence-electron chi connectivity index (χ4n) is 3.12. The number of hydrogen-bond acceptors (Lipinski definition) is 1. The van der Waals surface area contributed by atoms with E-state index in [0.717, 1.165) is 17.9 Å². The van der Waals surface area contributed by atoms with Gasteiger partial charge in [0.05, 0.1) is 0 Å². The van der Waals surface area contributed by atoms with E-state index in [0.29, 0.717) is 0 Å². The molecule has 1 N–H and O–H groups in total. The molecule has 1 aromatic rings. The van der Waals surface area contributed by atoms with Crippen LogP contribution in [0.4, 0.5) is 0 Å². The van der Waals surface area contributed by atoms with Crippen LogP contribution in [-0.2, 0) is 6.42 Å². The van der Waals surface area contributed by atoms with Gasteiger partial charge in [0, 0.05) is 10.5 Å². The van der Waals surface area contributed by atoms with Crippen molar-refractivity contribution in [3.05, 3.63) is 34.3 Å². The number of halogens is 1. The molecular weight excluding hydrogens is 286 g/mol. The van der Waals surface area contributed by atoms with Gasteiger partial charge in [-0.1, -0.05) is 41.9 Å². The van der Waals surface area contributed by atoms with Crippen molar-refractivity contribution < 1.29 is 0 Å². The first-order chi connectivity index (χ1) is 8.70. The van der Waals surface area contributed by atoms with Crippen LogP contribution in [0.2, 0.25) is 0 Å². The highest BCUT2D eigenvalue weighted by atomic mass is 79.9. The predicted molar refractivity (Wildman–Crippen MR) is 81.8 cm³/mol. The minimum absolute atomic E-state index is 0.738. The first-order valence-corrected chi connectivity index (χ1v) is 7.97. The molecule has 0 spiro atoms. The Morgan fingerprint density at radius 1 is 1.33 bits per heavy atom. The summed E-state index contributed by atoms with van der Waals surface area (Å²) >= 11 is 3.56. The maximum Gasteiger partial charge on any atom is 0.0177 e.